The van der Waals surface area contributed by atoms with Crippen molar-refractivity contribution in [1.82, 2.24) is 5.32 Å². The summed E-state index contributed by atoms with van der Waals surface area (Å²) in [6.45, 7) is 4.79. The van der Waals surface area contributed by atoms with Crippen LogP contribution in [-0.2, 0) is 0 Å². The number of nitrogens with two attached hydrogens (primary N) is 1. The molecular formula is C8H16N2. The zero-order chi connectivity index (χ0) is 7.40. The fraction of sp³-hybridized carbons (Fsp3) is 0.750. The fourth-order valence-electron chi connectivity index (χ4n) is 1.37. The zero-order valence-electron chi connectivity index (χ0n) is 6.34. The monoisotopic (exact) mass is 140 g/mol. The minimum atomic E-state index is 0.139. The van der Waals surface area contributed by atoms with Gasteiger partial charge in [-0.25, -0.2) is 0 Å². The lowest BCUT2D eigenvalue weighted by Gasteiger charge is -2.26. The topological polar surface area (TPSA) is 38.0 Å². The molecule has 0 bridgehead atoms. The van der Waals surface area contributed by atoms with Crippen LogP contribution in [0.5, 0.6) is 0 Å². The van der Waals surface area contributed by atoms with Crippen molar-refractivity contribution >= 4 is 0 Å². The van der Waals surface area contributed by atoms with E-state index in [0.717, 1.165) is 6.54 Å². The molecule has 0 aromatic carbocycles. The maximum absolute atomic E-state index is 5.77. The van der Waals surface area contributed by atoms with Crippen molar-refractivity contribution in [1.29, 1.82) is 0 Å². The molecule has 0 spiro atoms. The summed E-state index contributed by atoms with van der Waals surface area (Å²) in [7, 11) is 0. The molecule has 1 fully saturated rings. The second kappa shape index (κ2) is 3.74. The summed E-state index contributed by atoms with van der Waals surface area (Å²) in [5.41, 5.74) is 5.77. The second-order valence-corrected chi connectivity index (χ2v) is 2.87. The van der Waals surface area contributed by atoms with Crippen LogP contribution in [0.4, 0.5) is 0 Å². The van der Waals surface area contributed by atoms with Crippen LogP contribution < -0.4 is 11.1 Å². The first-order chi connectivity index (χ1) is 4.84. The highest BCUT2D eigenvalue weighted by molar-refractivity contribution is 4.93. The van der Waals surface area contributed by atoms with E-state index in [1.165, 1.54) is 19.3 Å². The normalized spacial score (nSPS) is 29.5. The molecule has 2 atom stereocenters. The lowest BCUT2D eigenvalue weighted by atomic mass is 9.99. The van der Waals surface area contributed by atoms with Gasteiger partial charge in [0, 0.05) is 12.1 Å². The van der Waals surface area contributed by atoms with E-state index < -0.39 is 0 Å². The largest absolute Gasteiger partial charge is 0.323 e. The molecule has 58 valence electrons. The van der Waals surface area contributed by atoms with Gasteiger partial charge in [0.15, 0.2) is 0 Å². The van der Waals surface area contributed by atoms with Crippen molar-refractivity contribution in [3.8, 4) is 0 Å². The summed E-state index contributed by atoms with van der Waals surface area (Å²) < 4.78 is 0. The molecule has 1 aliphatic rings. The Morgan fingerprint density at radius 1 is 1.60 bits per heavy atom. The highest BCUT2D eigenvalue weighted by Gasteiger charge is 2.16. The van der Waals surface area contributed by atoms with E-state index in [4.69, 9.17) is 5.73 Å². The number of hydrogen-bond donors (Lipinski definition) is 2. The molecule has 0 aromatic rings. The lowest BCUT2D eigenvalue weighted by Crippen LogP contribution is -2.46. The highest BCUT2D eigenvalue weighted by Crippen LogP contribution is 2.09. The molecule has 0 saturated carbocycles. The van der Waals surface area contributed by atoms with Crippen LogP contribution in [-0.4, -0.2) is 18.6 Å². The summed E-state index contributed by atoms with van der Waals surface area (Å²) >= 11 is 0. The third-order valence-corrected chi connectivity index (χ3v) is 2.09. The first-order valence-electron chi connectivity index (χ1n) is 3.96. The van der Waals surface area contributed by atoms with Gasteiger partial charge in [-0.1, -0.05) is 12.5 Å². The van der Waals surface area contributed by atoms with Crippen molar-refractivity contribution in [2.24, 2.45) is 5.73 Å². The van der Waals surface area contributed by atoms with Crippen LogP contribution in [0.15, 0.2) is 12.7 Å². The minimum absolute atomic E-state index is 0.139. The summed E-state index contributed by atoms with van der Waals surface area (Å²) in [4.78, 5) is 0. The highest BCUT2D eigenvalue weighted by atomic mass is 15.0. The molecule has 0 aliphatic carbocycles. The van der Waals surface area contributed by atoms with Gasteiger partial charge in [0.25, 0.3) is 0 Å². The molecule has 2 nitrogen and oxygen atoms in total. The van der Waals surface area contributed by atoms with Crippen LogP contribution in [0.3, 0.4) is 0 Å². The van der Waals surface area contributed by atoms with Gasteiger partial charge in [0.05, 0.1) is 0 Å². The Labute approximate surface area is 62.5 Å². The Bertz CT molecular complexity index is 106. The smallest absolute Gasteiger partial charge is 0.0377 e. The summed E-state index contributed by atoms with van der Waals surface area (Å²) in [6.07, 6.45) is 5.62. The van der Waals surface area contributed by atoms with Crippen molar-refractivity contribution < 1.29 is 0 Å². The molecule has 1 heterocycles. The van der Waals surface area contributed by atoms with Gasteiger partial charge in [0.2, 0.25) is 0 Å². The predicted octanol–water partition coefficient (Wildman–Crippen LogP) is 0.642. The molecule has 0 radical (unpaired) electrons. The fourth-order valence-corrected chi connectivity index (χ4v) is 1.37. The summed E-state index contributed by atoms with van der Waals surface area (Å²) in [5, 5.41) is 3.37. The Hall–Kier alpha value is -0.340. The standard InChI is InChI=1S/C8H16N2/c1-2-7(9)8-5-3-4-6-10-8/h2,7-8,10H,1,3-6,9H2. The van der Waals surface area contributed by atoms with Gasteiger partial charge in [0.1, 0.15) is 0 Å². The zero-order valence-corrected chi connectivity index (χ0v) is 6.34. The lowest BCUT2D eigenvalue weighted by molar-refractivity contribution is 0.376. The summed E-state index contributed by atoms with van der Waals surface area (Å²) in [5.74, 6) is 0. The van der Waals surface area contributed by atoms with Crippen molar-refractivity contribution in [2.75, 3.05) is 6.54 Å². The molecule has 1 aliphatic heterocycles. The van der Waals surface area contributed by atoms with Crippen LogP contribution >= 0.6 is 0 Å². The van der Waals surface area contributed by atoms with E-state index >= 15 is 0 Å². The molecule has 0 aromatic heterocycles. The van der Waals surface area contributed by atoms with Crippen molar-refractivity contribution in [3.63, 3.8) is 0 Å². The Kier molecular flexibility index (Phi) is 2.90. The van der Waals surface area contributed by atoms with Gasteiger partial charge in [-0.2, -0.15) is 0 Å². The van der Waals surface area contributed by atoms with E-state index in [1.807, 2.05) is 6.08 Å². The van der Waals surface area contributed by atoms with Crippen LogP contribution in [0.25, 0.3) is 0 Å². The maximum Gasteiger partial charge on any atom is 0.0377 e. The van der Waals surface area contributed by atoms with E-state index in [9.17, 15) is 0 Å². The van der Waals surface area contributed by atoms with Crippen LogP contribution in [0, 0.1) is 0 Å². The van der Waals surface area contributed by atoms with Crippen molar-refractivity contribution in [3.05, 3.63) is 12.7 Å². The van der Waals surface area contributed by atoms with Gasteiger partial charge in [-0.3, -0.25) is 0 Å². The molecule has 10 heavy (non-hydrogen) atoms. The predicted molar refractivity (Wildman–Crippen MR) is 43.8 cm³/mol. The first kappa shape index (κ1) is 7.76. The number of rotatable bonds is 2. The van der Waals surface area contributed by atoms with E-state index in [0.29, 0.717) is 6.04 Å². The van der Waals surface area contributed by atoms with E-state index in [2.05, 4.69) is 11.9 Å². The Morgan fingerprint density at radius 3 is 2.90 bits per heavy atom. The van der Waals surface area contributed by atoms with E-state index in [1.54, 1.807) is 0 Å². The van der Waals surface area contributed by atoms with Gasteiger partial charge in [-0.15, -0.1) is 6.58 Å². The second-order valence-electron chi connectivity index (χ2n) is 2.87. The minimum Gasteiger partial charge on any atom is -0.323 e. The third kappa shape index (κ3) is 1.82. The van der Waals surface area contributed by atoms with Crippen LogP contribution in [0.1, 0.15) is 19.3 Å². The third-order valence-electron chi connectivity index (χ3n) is 2.09. The molecule has 1 rings (SSSR count). The summed E-state index contributed by atoms with van der Waals surface area (Å²) in [6, 6.07) is 0.617. The van der Waals surface area contributed by atoms with Crippen LogP contribution in [0.2, 0.25) is 0 Å². The van der Waals surface area contributed by atoms with E-state index in [-0.39, 0.29) is 6.04 Å². The van der Waals surface area contributed by atoms with Crippen molar-refractivity contribution in [2.45, 2.75) is 31.3 Å². The van der Waals surface area contributed by atoms with Gasteiger partial charge >= 0.3 is 0 Å². The molecule has 2 heteroatoms. The SMILES string of the molecule is C=CC(N)C1CCCCN1. The van der Waals surface area contributed by atoms with Gasteiger partial charge in [-0.05, 0) is 19.4 Å². The Balaban J connectivity index is 2.30. The number of nitrogens with one attached hydrogen (secondary N) is 1. The molecule has 3 N–H and O–H groups in total. The molecular weight excluding hydrogens is 124 g/mol. The average Bonchev–Trinajstić information content (AvgIpc) is 2.05. The molecule has 2 unspecified atom stereocenters. The number of piperidine rings is 1. The maximum atomic E-state index is 5.77. The number of hydrogen-bond acceptors (Lipinski definition) is 2. The Morgan fingerprint density at radius 2 is 2.40 bits per heavy atom. The molecule has 1 saturated heterocycles. The average molecular weight is 140 g/mol. The first-order valence-corrected chi connectivity index (χ1v) is 3.96. The van der Waals surface area contributed by atoms with Gasteiger partial charge < -0.3 is 11.1 Å². The molecule has 0 amide bonds. The quantitative estimate of drug-likeness (QED) is 0.552.